The molecule has 1 heterocycles. The van der Waals surface area contributed by atoms with Crippen LogP contribution in [0.3, 0.4) is 0 Å². The lowest BCUT2D eigenvalue weighted by molar-refractivity contribution is -0.138. The van der Waals surface area contributed by atoms with Gasteiger partial charge in [-0.1, -0.05) is 40.5 Å². The van der Waals surface area contributed by atoms with E-state index in [1.54, 1.807) is 20.8 Å². The Morgan fingerprint density at radius 1 is 0.968 bits per heavy atom. The third-order valence-corrected chi connectivity index (χ3v) is 3.77. The summed E-state index contributed by atoms with van der Waals surface area (Å²) in [5.41, 5.74) is -0.641. The lowest BCUT2D eigenvalue weighted by Crippen LogP contribution is -2.49. The predicted molar refractivity (Wildman–Crippen MR) is 127 cm³/mol. The van der Waals surface area contributed by atoms with Gasteiger partial charge in [-0.15, -0.1) is 0 Å². The van der Waals surface area contributed by atoms with Gasteiger partial charge in [-0.25, -0.2) is 4.79 Å². The van der Waals surface area contributed by atoms with Crippen molar-refractivity contribution in [1.29, 1.82) is 0 Å². The van der Waals surface area contributed by atoms with E-state index in [0.717, 1.165) is 12.8 Å². The molecule has 0 spiro atoms. The normalized spacial score (nSPS) is 17.0. The minimum absolute atomic E-state index is 0. The van der Waals surface area contributed by atoms with Crippen molar-refractivity contribution in [3.8, 4) is 0 Å². The molecule has 1 saturated carbocycles. The molecule has 3 amide bonds. The molecule has 2 N–H and O–H groups in total. The van der Waals surface area contributed by atoms with Crippen molar-refractivity contribution in [1.82, 2.24) is 15.5 Å². The molecule has 31 heavy (non-hydrogen) atoms. The number of nitrogens with zero attached hydrogens (tertiary/aromatic N) is 1. The van der Waals surface area contributed by atoms with Crippen LogP contribution in [0.2, 0.25) is 0 Å². The number of ketones is 1. The zero-order valence-corrected chi connectivity index (χ0v) is 21.3. The van der Waals surface area contributed by atoms with Crippen molar-refractivity contribution in [2.45, 2.75) is 105 Å². The molecule has 9 heteroatoms. The molecule has 2 rings (SSSR count). The fourth-order valence-corrected chi connectivity index (χ4v) is 2.44. The molecule has 2 aliphatic rings. The van der Waals surface area contributed by atoms with Crippen LogP contribution in [0.4, 0.5) is 4.79 Å². The van der Waals surface area contributed by atoms with Gasteiger partial charge in [-0.05, 0) is 46.5 Å². The summed E-state index contributed by atoms with van der Waals surface area (Å²) in [6.07, 6.45) is 4.93. The monoisotopic (exact) mass is 461 g/mol. The average Bonchev–Trinajstić information content (AvgIpc) is 3.30. The Labute approximate surface area is 194 Å². The maximum atomic E-state index is 12.2. The van der Waals surface area contributed by atoms with Gasteiger partial charge in [0.25, 0.3) is 5.91 Å². The van der Waals surface area contributed by atoms with Crippen molar-refractivity contribution >= 4 is 37.2 Å². The number of ether oxygens (including phenoxy) is 1. The fraction of sp³-hybridized carbons (Fsp3) is 0.818. The lowest BCUT2D eigenvalue weighted by Gasteiger charge is -2.27. The van der Waals surface area contributed by atoms with Gasteiger partial charge in [0, 0.05) is 12.6 Å². The van der Waals surface area contributed by atoms with E-state index in [-0.39, 0.29) is 26.1 Å². The Morgan fingerprint density at radius 2 is 1.48 bits per heavy atom. The largest absolute Gasteiger partial charge is 0.444 e. The van der Waals surface area contributed by atoms with Crippen LogP contribution in [0.25, 0.3) is 0 Å². The molecule has 0 aromatic carbocycles. The van der Waals surface area contributed by atoms with E-state index in [0.29, 0.717) is 19.4 Å². The van der Waals surface area contributed by atoms with E-state index in [2.05, 4.69) is 38.3 Å². The van der Waals surface area contributed by atoms with E-state index in [4.69, 9.17) is 4.74 Å². The van der Waals surface area contributed by atoms with Crippen molar-refractivity contribution in [3.05, 3.63) is 0 Å². The van der Waals surface area contributed by atoms with Gasteiger partial charge in [0.05, 0.1) is 6.54 Å². The quantitative estimate of drug-likeness (QED) is 0.611. The molecule has 1 atom stereocenters. The molecule has 2 fully saturated rings. The summed E-state index contributed by atoms with van der Waals surface area (Å²) < 4.78 is 5.29. The third-order valence-electron chi connectivity index (χ3n) is 3.77. The van der Waals surface area contributed by atoms with E-state index in [9.17, 15) is 19.2 Å². The Hall–Kier alpha value is -1.77. The number of carbonyl (C=O) groups excluding carboxylic acids is 4. The molecule has 0 aromatic rings. The first-order valence-corrected chi connectivity index (χ1v) is 11.1. The van der Waals surface area contributed by atoms with Crippen LogP contribution in [-0.2, 0) is 19.1 Å². The summed E-state index contributed by atoms with van der Waals surface area (Å²) in [5, 5.41) is 5.02. The standard InChI is InChI=1S/C16H25N3O5.2C3H8.H2S/c1-16(2,3)24-15(23)19-8-4-5-11(19)13(21)17-9-12(20)14(22)18-10-6-7-10;2*1-3-2;/h10-11H,4-9H2,1-3H3,(H,17,21)(H,18,22);2*3H2,1-2H3;1H2. The number of nitrogens with one attached hydrogen (secondary N) is 2. The summed E-state index contributed by atoms with van der Waals surface area (Å²) in [7, 11) is 0. The van der Waals surface area contributed by atoms with Crippen molar-refractivity contribution in [2.24, 2.45) is 0 Å². The van der Waals surface area contributed by atoms with E-state index >= 15 is 0 Å². The lowest BCUT2D eigenvalue weighted by atomic mass is 10.2. The topological polar surface area (TPSA) is 105 Å². The summed E-state index contributed by atoms with van der Waals surface area (Å²) >= 11 is 0. The van der Waals surface area contributed by atoms with Gasteiger partial charge in [0.2, 0.25) is 11.7 Å². The van der Waals surface area contributed by atoms with Gasteiger partial charge >= 0.3 is 6.09 Å². The van der Waals surface area contributed by atoms with Gasteiger partial charge < -0.3 is 15.4 Å². The maximum Gasteiger partial charge on any atom is 0.410 e. The first-order valence-electron chi connectivity index (χ1n) is 11.1. The second kappa shape index (κ2) is 15.9. The second-order valence-electron chi connectivity index (χ2n) is 8.63. The van der Waals surface area contributed by atoms with Crippen molar-refractivity contribution in [3.63, 3.8) is 0 Å². The molecule has 0 bridgehead atoms. The Bertz CT molecular complexity index is 572. The molecule has 182 valence electrons. The van der Waals surface area contributed by atoms with Gasteiger partial charge in [-0.3, -0.25) is 19.3 Å². The van der Waals surface area contributed by atoms with Gasteiger partial charge in [0.1, 0.15) is 11.6 Å². The molecule has 1 aliphatic heterocycles. The SMILES string of the molecule is CC(C)(C)OC(=O)N1CCCC1C(=O)NCC(=O)C(=O)NC1CC1.CCC.CCC.S. The Kier molecular flexibility index (Phi) is 16.2. The number of likely N-dealkylation sites (tertiary alicyclic amines) is 1. The number of hydrogen-bond acceptors (Lipinski definition) is 5. The molecule has 1 aliphatic carbocycles. The van der Waals surface area contributed by atoms with Gasteiger partial charge in [-0.2, -0.15) is 13.5 Å². The van der Waals surface area contributed by atoms with Crippen LogP contribution in [-0.4, -0.2) is 59.4 Å². The fourth-order valence-electron chi connectivity index (χ4n) is 2.44. The third kappa shape index (κ3) is 14.0. The average molecular weight is 462 g/mol. The van der Waals surface area contributed by atoms with Crippen LogP contribution in [0.5, 0.6) is 0 Å². The highest BCUT2D eigenvalue weighted by atomic mass is 32.1. The first-order chi connectivity index (χ1) is 14.0. The minimum atomic E-state index is -0.683. The Morgan fingerprint density at radius 3 is 1.94 bits per heavy atom. The van der Waals surface area contributed by atoms with Crippen LogP contribution in [0.1, 0.15) is 87.0 Å². The highest BCUT2D eigenvalue weighted by Crippen LogP contribution is 2.21. The zero-order chi connectivity index (χ0) is 23.3. The number of Topliss-reactive ketones (excluding diaryl/α,β-unsaturated/α-hetero) is 1. The number of rotatable bonds is 5. The molecule has 0 radical (unpaired) electrons. The van der Waals surface area contributed by atoms with E-state index < -0.39 is 35.3 Å². The molecule has 8 nitrogen and oxygen atoms in total. The molecule has 0 aromatic heterocycles. The first kappa shape index (κ1) is 31.4. The summed E-state index contributed by atoms with van der Waals surface area (Å²) in [5.74, 6) is -1.80. The van der Waals surface area contributed by atoms with Crippen LogP contribution >= 0.6 is 13.5 Å². The molecular formula is C22H43N3O5S. The second-order valence-corrected chi connectivity index (χ2v) is 8.63. The minimum Gasteiger partial charge on any atom is -0.444 e. The number of amides is 3. The van der Waals surface area contributed by atoms with Gasteiger partial charge in [0.15, 0.2) is 0 Å². The molecule has 1 saturated heterocycles. The van der Waals surface area contributed by atoms with Crippen LogP contribution in [0.15, 0.2) is 0 Å². The number of hydrogen-bond donors (Lipinski definition) is 2. The van der Waals surface area contributed by atoms with E-state index in [1.807, 2.05) is 0 Å². The summed E-state index contributed by atoms with van der Waals surface area (Å²) in [6, 6.07) is -0.575. The smallest absolute Gasteiger partial charge is 0.410 e. The summed E-state index contributed by atoms with van der Waals surface area (Å²) in [4.78, 5) is 49.0. The predicted octanol–water partition coefficient (Wildman–Crippen LogP) is 3.30. The van der Waals surface area contributed by atoms with Crippen LogP contribution < -0.4 is 10.6 Å². The Balaban J connectivity index is 0. The number of carbonyl (C=O) groups is 4. The van der Waals surface area contributed by atoms with Crippen molar-refractivity contribution in [2.75, 3.05) is 13.1 Å². The highest BCUT2D eigenvalue weighted by molar-refractivity contribution is 7.59. The highest BCUT2D eigenvalue weighted by Gasteiger charge is 2.37. The summed E-state index contributed by atoms with van der Waals surface area (Å²) in [6.45, 7) is 13.8. The zero-order valence-electron chi connectivity index (χ0n) is 20.3. The maximum absolute atomic E-state index is 12.2. The van der Waals surface area contributed by atoms with Crippen molar-refractivity contribution < 1.29 is 23.9 Å². The van der Waals surface area contributed by atoms with Crippen LogP contribution in [0, 0.1) is 0 Å². The van der Waals surface area contributed by atoms with E-state index in [1.165, 1.54) is 17.7 Å². The molecule has 1 unspecified atom stereocenters. The molecular weight excluding hydrogens is 418 g/mol.